The molecular weight excluding hydrogens is 372 g/mol. The van der Waals surface area contributed by atoms with Gasteiger partial charge in [-0.15, -0.1) is 0 Å². The number of rotatable bonds is 7. The van der Waals surface area contributed by atoms with Gasteiger partial charge in [0.25, 0.3) is 0 Å². The van der Waals surface area contributed by atoms with Gasteiger partial charge in [-0.05, 0) is 71.8 Å². The summed E-state index contributed by atoms with van der Waals surface area (Å²) in [7, 11) is 0. The zero-order valence-corrected chi connectivity index (χ0v) is 19.5. The molecule has 0 spiro atoms. The average Bonchev–Trinajstić information content (AvgIpc) is 2.87. The topological polar surface area (TPSA) is 60.7 Å². The van der Waals surface area contributed by atoms with E-state index in [0.717, 1.165) is 24.0 Å². The highest BCUT2D eigenvalue weighted by atomic mass is 16.3. The molecule has 0 heterocycles. The van der Waals surface area contributed by atoms with E-state index in [4.69, 9.17) is 0 Å². The second-order valence-corrected chi connectivity index (χ2v) is 10.8. The molecule has 0 radical (unpaired) electrons. The van der Waals surface area contributed by atoms with Gasteiger partial charge in [-0.2, -0.15) is 0 Å². The van der Waals surface area contributed by atoms with Crippen LogP contribution in [0.15, 0.2) is 36.0 Å². The number of allylic oxidation sites excluding steroid dienone is 3. The quantitative estimate of drug-likeness (QED) is 0.469. The maximum absolute atomic E-state index is 10.2. The van der Waals surface area contributed by atoms with Crippen molar-refractivity contribution in [1.82, 2.24) is 0 Å². The average molecular weight is 421 g/mol. The number of hydrogen-bond donors (Lipinski definition) is 3. The van der Waals surface area contributed by atoms with Crippen molar-refractivity contribution in [2.75, 3.05) is 0 Å². The first kappa shape index (κ1) is 27.1. The summed E-state index contributed by atoms with van der Waals surface area (Å²) in [5.41, 5.74) is 2.12. The van der Waals surface area contributed by atoms with Gasteiger partial charge >= 0.3 is 0 Å². The molecule has 0 aliphatic heterocycles. The van der Waals surface area contributed by atoms with Gasteiger partial charge in [0.1, 0.15) is 0 Å². The lowest BCUT2D eigenvalue weighted by molar-refractivity contribution is 0.0277. The van der Waals surface area contributed by atoms with Crippen LogP contribution in [0, 0.1) is 28.6 Å². The van der Waals surface area contributed by atoms with Gasteiger partial charge in [-0.3, -0.25) is 0 Å². The fourth-order valence-corrected chi connectivity index (χ4v) is 5.42. The minimum absolute atomic E-state index is 0. The minimum atomic E-state index is -0.633. The van der Waals surface area contributed by atoms with E-state index in [2.05, 4.69) is 60.3 Å². The Kier molecular flexibility index (Phi) is 9.60. The largest absolute Gasteiger partial charge is 0.393 e. The zero-order valence-electron chi connectivity index (χ0n) is 19.5. The molecule has 2 saturated carbocycles. The summed E-state index contributed by atoms with van der Waals surface area (Å²) in [5, 5.41) is 30.2. The van der Waals surface area contributed by atoms with E-state index in [0.29, 0.717) is 30.6 Å². The van der Waals surface area contributed by atoms with Crippen LogP contribution in [0.4, 0.5) is 0 Å². The maximum atomic E-state index is 10.2. The first-order valence-corrected chi connectivity index (χ1v) is 11.5. The molecule has 0 bridgehead atoms. The molecule has 3 nitrogen and oxygen atoms in total. The lowest BCUT2D eigenvalue weighted by Crippen LogP contribution is -2.39. The molecule has 3 N–H and O–H groups in total. The van der Waals surface area contributed by atoms with Crippen molar-refractivity contribution < 1.29 is 15.3 Å². The summed E-state index contributed by atoms with van der Waals surface area (Å²) < 4.78 is 0. The van der Waals surface area contributed by atoms with Crippen LogP contribution in [0.2, 0.25) is 0 Å². The summed E-state index contributed by atoms with van der Waals surface area (Å²) in [4.78, 5) is 0. The second kappa shape index (κ2) is 10.6. The van der Waals surface area contributed by atoms with Crippen LogP contribution in [-0.4, -0.2) is 33.6 Å². The van der Waals surface area contributed by atoms with Gasteiger partial charge in [-0.1, -0.05) is 73.8 Å². The van der Waals surface area contributed by atoms with E-state index in [9.17, 15) is 15.3 Å². The molecule has 174 valence electrons. The summed E-state index contributed by atoms with van der Waals surface area (Å²) >= 11 is 0. The minimum Gasteiger partial charge on any atom is -0.393 e. The molecule has 0 saturated heterocycles. The Morgan fingerprint density at radius 3 is 2.37 bits per heavy atom. The second-order valence-electron chi connectivity index (χ2n) is 10.8. The van der Waals surface area contributed by atoms with Gasteiger partial charge in [0, 0.05) is 6.42 Å². The van der Waals surface area contributed by atoms with Crippen LogP contribution in [-0.2, 0) is 0 Å². The lowest BCUT2D eigenvalue weighted by atomic mass is 9.59. The van der Waals surface area contributed by atoms with Crippen molar-refractivity contribution in [3.63, 3.8) is 0 Å². The zero-order chi connectivity index (χ0) is 22.0. The fraction of sp³-hybridized carbons (Fsp3) is 0.778. The molecular formula is C27H48O3. The first-order chi connectivity index (χ1) is 13.4. The molecule has 0 aromatic carbocycles. The highest BCUT2D eigenvalue weighted by Crippen LogP contribution is 2.60. The number of aliphatic hydroxyl groups is 3. The normalized spacial score (nSPS) is 35.1. The Bertz CT molecular complexity index is 630. The van der Waals surface area contributed by atoms with Crippen LogP contribution >= 0.6 is 0 Å². The third-order valence-corrected chi connectivity index (χ3v) is 8.53. The lowest BCUT2D eigenvalue weighted by Gasteiger charge is -2.46. The van der Waals surface area contributed by atoms with Crippen LogP contribution in [0.5, 0.6) is 0 Å². The van der Waals surface area contributed by atoms with Crippen LogP contribution in [0.3, 0.4) is 0 Å². The Morgan fingerprint density at radius 1 is 1.13 bits per heavy atom. The van der Waals surface area contributed by atoms with Crippen molar-refractivity contribution in [3.05, 3.63) is 36.0 Å². The molecule has 3 heteroatoms. The Balaban J connectivity index is 0.00000450. The summed E-state index contributed by atoms with van der Waals surface area (Å²) in [6.07, 6.45) is 10.4. The predicted octanol–water partition coefficient (Wildman–Crippen LogP) is 6.05. The van der Waals surface area contributed by atoms with E-state index in [1.807, 2.05) is 6.08 Å². The molecule has 0 unspecified atom stereocenters. The van der Waals surface area contributed by atoms with E-state index in [1.54, 1.807) is 0 Å². The fourth-order valence-electron chi connectivity index (χ4n) is 5.42. The van der Waals surface area contributed by atoms with Gasteiger partial charge < -0.3 is 15.3 Å². The molecule has 2 aliphatic carbocycles. The first-order valence-electron chi connectivity index (χ1n) is 11.5. The van der Waals surface area contributed by atoms with Crippen molar-refractivity contribution >= 4 is 0 Å². The van der Waals surface area contributed by atoms with E-state index in [1.165, 1.54) is 12.8 Å². The number of aliphatic hydroxyl groups excluding tert-OH is 3. The smallest absolute Gasteiger partial charge is 0.0811 e. The maximum Gasteiger partial charge on any atom is 0.0811 e. The number of hydrogen-bond acceptors (Lipinski definition) is 3. The highest BCUT2D eigenvalue weighted by Gasteiger charge is 2.52. The summed E-state index contributed by atoms with van der Waals surface area (Å²) in [6, 6.07) is 0. The van der Waals surface area contributed by atoms with Crippen LogP contribution < -0.4 is 0 Å². The van der Waals surface area contributed by atoms with E-state index in [-0.39, 0.29) is 24.4 Å². The summed E-state index contributed by atoms with van der Waals surface area (Å²) in [5.74, 6) is 1.38. The van der Waals surface area contributed by atoms with Crippen LogP contribution in [0.25, 0.3) is 0 Å². The van der Waals surface area contributed by atoms with Gasteiger partial charge in [0.15, 0.2) is 0 Å². The summed E-state index contributed by atoms with van der Waals surface area (Å²) in [6.45, 7) is 17.8. The monoisotopic (exact) mass is 420 g/mol. The molecule has 30 heavy (non-hydrogen) atoms. The predicted molar refractivity (Wildman–Crippen MR) is 128 cm³/mol. The molecule has 0 aromatic heterocycles. The van der Waals surface area contributed by atoms with Crippen molar-refractivity contribution in [2.45, 2.75) is 106 Å². The Morgan fingerprint density at radius 2 is 1.77 bits per heavy atom. The standard InChI is InChI=1S/C26H44O3.CH4/c1-17(2)23(28)12-11-18(3)26(7)14-13-21(25(26,5)6)10-8-9-20-15-22(27)16-24(29)19(20)4;/h8-10,17-18,21-24,27-29H,4,11-16H2,1-3,5-7H3;1H4/b10-8+,20-9-;/t18-,21+,22+,23+,24-,26+;/m0./s1. The SMILES string of the molecule is C.C=C1/C(=C\C=C\[C@@H]2CC[C@](C)([C@@H](C)CC[C@@H](O)C(C)C)C2(C)C)C[C@@H](O)C[C@@H]1O. The third kappa shape index (κ3) is 5.66. The molecule has 2 rings (SSSR count). The molecule has 2 fully saturated rings. The highest BCUT2D eigenvalue weighted by molar-refractivity contribution is 5.37. The van der Waals surface area contributed by atoms with Crippen molar-refractivity contribution in [3.8, 4) is 0 Å². The van der Waals surface area contributed by atoms with Crippen molar-refractivity contribution in [2.24, 2.45) is 28.6 Å². The molecule has 0 aromatic rings. The van der Waals surface area contributed by atoms with Gasteiger partial charge in [-0.25, -0.2) is 0 Å². The molecule has 0 amide bonds. The molecule has 2 aliphatic rings. The van der Waals surface area contributed by atoms with Gasteiger partial charge in [0.05, 0.1) is 18.3 Å². The Hall–Kier alpha value is -0.900. The Labute approximate surface area is 186 Å². The van der Waals surface area contributed by atoms with E-state index >= 15 is 0 Å². The van der Waals surface area contributed by atoms with Crippen LogP contribution in [0.1, 0.15) is 87.5 Å². The van der Waals surface area contributed by atoms with Gasteiger partial charge in [0.2, 0.25) is 0 Å². The van der Waals surface area contributed by atoms with Crippen molar-refractivity contribution in [1.29, 1.82) is 0 Å². The van der Waals surface area contributed by atoms with E-state index < -0.39 is 12.2 Å². The third-order valence-electron chi connectivity index (χ3n) is 8.53. The molecule has 6 atom stereocenters.